The van der Waals surface area contributed by atoms with Crippen LogP contribution in [0.1, 0.15) is 32.6 Å². The summed E-state index contributed by atoms with van der Waals surface area (Å²) < 4.78 is 19.8. The molecule has 0 unspecified atom stereocenters. The fourth-order valence-corrected chi connectivity index (χ4v) is 3.26. The van der Waals surface area contributed by atoms with Crippen molar-refractivity contribution in [1.82, 2.24) is 5.32 Å². The molecule has 2 fully saturated rings. The summed E-state index contributed by atoms with van der Waals surface area (Å²) >= 11 is 0. The molecule has 126 valence electrons. The molecule has 3 rings (SSSR count). The number of hydrogen-bond acceptors (Lipinski definition) is 3. The number of ether oxygens (including phenoxy) is 1. The van der Waals surface area contributed by atoms with Crippen LogP contribution < -0.4 is 15.5 Å². The minimum atomic E-state index is -0.332. The van der Waals surface area contributed by atoms with Crippen molar-refractivity contribution < 1.29 is 13.9 Å². The van der Waals surface area contributed by atoms with Gasteiger partial charge in [-0.15, -0.1) is 0 Å². The van der Waals surface area contributed by atoms with E-state index >= 15 is 0 Å². The Hall–Kier alpha value is -1.82. The van der Waals surface area contributed by atoms with Crippen LogP contribution in [0.5, 0.6) is 0 Å². The van der Waals surface area contributed by atoms with Crippen LogP contribution in [-0.2, 0) is 4.74 Å². The third-order valence-corrected chi connectivity index (χ3v) is 4.53. The Morgan fingerprint density at radius 3 is 2.78 bits per heavy atom. The van der Waals surface area contributed by atoms with E-state index in [1.807, 2.05) is 11.8 Å². The molecule has 0 aliphatic carbocycles. The van der Waals surface area contributed by atoms with Gasteiger partial charge in [0.2, 0.25) is 0 Å². The van der Waals surface area contributed by atoms with Crippen LogP contribution in [0.25, 0.3) is 0 Å². The average molecular weight is 321 g/mol. The van der Waals surface area contributed by atoms with Gasteiger partial charge in [-0.3, -0.25) is 0 Å². The zero-order chi connectivity index (χ0) is 16.2. The molecule has 6 heteroatoms. The first-order valence-corrected chi connectivity index (χ1v) is 8.37. The Bertz CT molecular complexity index is 555. The largest absolute Gasteiger partial charge is 0.376 e. The van der Waals surface area contributed by atoms with Gasteiger partial charge in [-0.2, -0.15) is 0 Å². The highest BCUT2D eigenvalue weighted by atomic mass is 19.1. The molecule has 0 aromatic heterocycles. The molecule has 0 radical (unpaired) electrons. The predicted molar refractivity (Wildman–Crippen MR) is 88.4 cm³/mol. The molecule has 2 N–H and O–H groups in total. The summed E-state index contributed by atoms with van der Waals surface area (Å²) in [6, 6.07) is 4.46. The molecule has 0 bridgehead atoms. The molecule has 2 saturated heterocycles. The zero-order valence-corrected chi connectivity index (χ0v) is 13.5. The van der Waals surface area contributed by atoms with Crippen LogP contribution in [0, 0.1) is 5.82 Å². The first kappa shape index (κ1) is 16.1. The highest BCUT2D eigenvalue weighted by Gasteiger charge is 2.23. The molecule has 2 heterocycles. The Morgan fingerprint density at radius 1 is 1.35 bits per heavy atom. The minimum Gasteiger partial charge on any atom is -0.376 e. The van der Waals surface area contributed by atoms with Gasteiger partial charge in [-0.05, 0) is 50.8 Å². The van der Waals surface area contributed by atoms with Gasteiger partial charge < -0.3 is 20.3 Å². The normalized spacial score (nSPS) is 22.2. The molecule has 1 aromatic carbocycles. The average Bonchev–Trinajstić information content (AvgIpc) is 3.21. The number of carbonyl (C=O) groups excluding carboxylic acids is 1. The number of rotatable bonds is 4. The monoisotopic (exact) mass is 321 g/mol. The van der Waals surface area contributed by atoms with Crippen molar-refractivity contribution in [3.63, 3.8) is 0 Å². The molecule has 1 aromatic rings. The number of halogens is 1. The molecule has 2 aliphatic rings. The van der Waals surface area contributed by atoms with Crippen molar-refractivity contribution >= 4 is 17.4 Å². The Balaban J connectivity index is 1.56. The maximum atomic E-state index is 14.2. The molecule has 23 heavy (non-hydrogen) atoms. The van der Waals surface area contributed by atoms with E-state index in [9.17, 15) is 9.18 Å². The van der Waals surface area contributed by atoms with Crippen LogP contribution >= 0.6 is 0 Å². The van der Waals surface area contributed by atoms with Crippen molar-refractivity contribution in [1.29, 1.82) is 0 Å². The molecular formula is C17H24FN3O2. The van der Waals surface area contributed by atoms with Gasteiger partial charge in [0, 0.05) is 25.4 Å². The summed E-state index contributed by atoms with van der Waals surface area (Å²) in [4.78, 5) is 14.1. The summed E-state index contributed by atoms with van der Waals surface area (Å²) in [5, 5.41) is 5.54. The molecule has 2 amide bonds. The van der Waals surface area contributed by atoms with Crippen molar-refractivity contribution in [2.75, 3.05) is 29.9 Å². The van der Waals surface area contributed by atoms with E-state index < -0.39 is 0 Å². The quantitative estimate of drug-likeness (QED) is 0.896. The fraction of sp³-hybridized carbons (Fsp3) is 0.588. The lowest BCUT2D eigenvalue weighted by Crippen LogP contribution is -2.43. The first-order chi connectivity index (χ1) is 11.1. The lowest BCUT2D eigenvalue weighted by atomic mass is 10.1. The van der Waals surface area contributed by atoms with Crippen molar-refractivity contribution in [3.8, 4) is 0 Å². The molecule has 0 saturated carbocycles. The van der Waals surface area contributed by atoms with Crippen LogP contribution in [0.4, 0.5) is 20.6 Å². The van der Waals surface area contributed by atoms with Gasteiger partial charge in [0.25, 0.3) is 0 Å². The third kappa shape index (κ3) is 3.93. The zero-order valence-electron chi connectivity index (χ0n) is 13.5. The number of nitrogens with one attached hydrogen (secondary N) is 2. The second-order valence-corrected chi connectivity index (χ2v) is 6.30. The van der Waals surface area contributed by atoms with Crippen LogP contribution in [0.2, 0.25) is 0 Å². The van der Waals surface area contributed by atoms with Gasteiger partial charge in [0.15, 0.2) is 0 Å². The van der Waals surface area contributed by atoms with Crippen LogP contribution in [0.3, 0.4) is 0 Å². The summed E-state index contributed by atoms with van der Waals surface area (Å²) in [5.74, 6) is -0.295. The van der Waals surface area contributed by atoms with Crippen molar-refractivity contribution in [2.45, 2.75) is 44.8 Å². The Morgan fingerprint density at radius 2 is 2.13 bits per heavy atom. The van der Waals surface area contributed by atoms with Gasteiger partial charge in [0.1, 0.15) is 5.82 Å². The summed E-state index contributed by atoms with van der Waals surface area (Å²) in [6.07, 6.45) is 4.25. The van der Waals surface area contributed by atoms with E-state index in [1.54, 1.807) is 12.1 Å². The van der Waals surface area contributed by atoms with Gasteiger partial charge in [-0.1, -0.05) is 0 Å². The lowest BCUT2D eigenvalue weighted by Gasteiger charge is -2.21. The Kier molecular flexibility index (Phi) is 5.00. The number of benzene rings is 1. The molecule has 0 spiro atoms. The second-order valence-electron chi connectivity index (χ2n) is 6.30. The maximum Gasteiger partial charge on any atom is 0.319 e. The predicted octanol–water partition coefficient (Wildman–Crippen LogP) is 3.11. The highest BCUT2D eigenvalue weighted by Crippen LogP contribution is 2.26. The topological polar surface area (TPSA) is 53.6 Å². The van der Waals surface area contributed by atoms with Crippen molar-refractivity contribution in [2.24, 2.45) is 0 Å². The van der Waals surface area contributed by atoms with E-state index in [0.717, 1.165) is 45.4 Å². The lowest BCUT2D eigenvalue weighted by molar-refractivity contribution is 0.0868. The minimum absolute atomic E-state index is 0.0637. The fourth-order valence-electron chi connectivity index (χ4n) is 3.26. The van der Waals surface area contributed by atoms with Gasteiger partial charge >= 0.3 is 6.03 Å². The number of urea groups is 1. The second kappa shape index (κ2) is 7.17. The number of carbonyl (C=O) groups is 1. The van der Waals surface area contributed by atoms with E-state index in [2.05, 4.69) is 10.6 Å². The molecular weight excluding hydrogens is 297 g/mol. The Labute approximate surface area is 136 Å². The van der Waals surface area contributed by atoms with E-state index in [4.69, 9.17) is 4.74 Å². The molecule has 2 aliphatic heterocycles. The summed E-state index contributed by atoms with van der Waals surface area (Å²) in [6.45, 7) is 4.46. The van der Waals surface area contributed by atoms with E-state index in [-0.39, 0.29) is 24.0 Å². The first-order valence-electron chi connectivity index (χ1n) is 8.37. The van der Waals surface area contributed by atoms with Crippen LogP contribution in [0.15, 0.2) is 18.2 Å². The number of nitrogens with zero attached hydrogens (tertiary/aromatic N) is 1. The van der Waals surface area contributed by atoms with Gasteiger partial charge in [0.05, 0.1) is 17.8 Å². The number of hydrogen-bond donors (Lipinski definition) is 2. The third-order valence-electron chi connectivity index (χ3n) is 4.53. The summed E-state index contributed by atoms with van der Waals surface area (Å²) in [7, 11) is 0. The molecule has 2 atom stereocenters. The van der Waals surface area contributed by atoms with Crippen molar-refractivity contribution in [3.05, 3.63) is 24.0 Å². The smallest absolute Gasteiger partial charge is 0.319 e. The SMILES string of the molecule is C[C@H](NC(=O)Nc1ccc(N2CCCC2)c(F)c1)[C@H]1CCCO1. The number of amides is 2. The highest BCUT2D eigenvalue weighted by molar-refractivity contribution is 5.89. The van der Waals surface area contributed by atoms with E-state index in [0.29, 0.717) is 11.4 Å². The standard InChI is InChI=1S/C17H24FN3O2/c1-12(16-5-4-10-23-16)19-17(22)20-13-6-7-15(14(18)11-13)21-8-2-3-9-21/h6-7,11-12,16H,2-5,8-10H2,1H3,(H2,19,20,22)/t12-,16+/m0/s1. The summed E-state index contributed by atoms with van der Waals surface area (Å²) in [5.41, 5.74) is 1.07. The molecule has 5 nitrogen and oxygen atoms in total. The maximum absolute atomic E-state index is 14.2. The number of anilines is 2. The van der Waals surface area contributed by atoms with Gasteiger partial charge in [-0.25, -0.2) is 9.18 Å². The van der Waals surface area contributed by atoms with Crippen LogP contribution in [-0.4, -0.2) is 37.9 Å². The van der Waals surface area contributed by atoms with E-state index in [1.165, 1.54) is 6.07 Å².